The van der Waals surface area contributed by atoms with E-state index in [1.807, 2.05) is 88.4 Å². The fourth-order valence-electron chi connectivity index (χ4n) is 3.36. The summed E-state index contributed by atoms with van der Waals surface area (Å²) in [5, 5.41) is 2.90. The summed E-state index contributed by atoms with van der Waals surface area (Å²) in [5.74, 6) is 1.71. The van der Waals surface area contributed by atoms with Crippen LogP contribution in [0.3, 0.4) is 0 Å². The van der Waals surface area contributed by atoms with Crippen LogP contribution in [0.1, 0.15) is 83.5 Å². The van der Waals surface area contributed by atoms with E-state index < -0.39 is 0 Å². The maximum atomic E-state index is 10.6. The van der Waals surface area contributed by atoms with E-state index in [-0.39, 0.29) is 6.04 Å². The van der Waals surface area contributed by atoms with E-state index in [9.17, 15) is 4.79 Å². The molecule has 226 valence electrons. The van der Waals surface area contributed by atoms with E-state index in [0.717, 1.165) is 59.4 Å². The van der Waals surface area contributed by atoms with Crippen LogP contribution in [0.15, 0.2) is 90.1 Å². The molecule has 0 unspecified atom stereocenters. The largest absolute Gasteiger partial charge is 0.497 e. The minimum absolute atomic E-state index is 0.231. The van der Waals surface area contributed by atoms with E-state index in [1.165, 1.54) is 11.3 Å². The van der Waals surface area contributed by atoms with Crippen LogP contribution in [0.5, 0.6) is 11.5 Å². The fraction of sp³-hybridized carbons (Fsp3) is 0.389. The van der Waals surface area contributed by atoms with Crippen LogP contribution >= 0.6 is 0 Å². The molecular weight excluding hydrogens is 508 g/mol. The Morgan fingerprint density at radius 1 is 1.05 bits per heavy atom. The number of rotatable bonds is 12. The molecular formula is C36H54N2O3. The molecule has 0 heterocycles. The topological polar surface area (TPSA) is 59.9 Å². The Hall–Kier alpha value is -3.70. The first-order chi connectivity index (χ1) is 19.7. The monoisotopic (exact) mass is 562 g/mol. The summed E-state index contributed by atoms with van der Waals surface area (Å²) in [5.41, 5.74) is 6.54. The number of methoxy groups -OCH3 is 2. The lowest BCUT2D eigenvalue weighted by atomic mass is 10.1. The third-order valence-electron chi connectivity index (χ3n) is 5.93. The number of allylic oxidation sites excluding steroid dienone is 4. The lowest BCUT2D eigenvalue weighted by molar-refractivity contribution is -0.109. The summed E-state index contributed by atoms with van der Waals surface area (Å²) in [6.45, 7) is 22.1. The number of likely N-dealkylation sites (N-methyl/N-ethyl adjacent to an activating group) is 1. The lowest BCUT2D eigenvalue weighted by Gasteiger charge is -2.09. The smallest absolute Gasteiger partial charge is 0.141 e. The molecule has 0 saturated carbocycles. The highest BCUT2D eigenvalue weighted by Gasteiger charge is 2.06. The Kier molecular flexibility index (Phi) is 24.3. The van der Waals surface area contributed by atoms with Gasteiger partial charge in [0.15, 0.2) is 0 Å². The molecule has 0 saturated heterocycles. The van der Waals surface area contributed by atoms with Gasteiger partial charge in [-0.25, -0.2) is 0 Å². The van der Waals surface area contributed by atoms with Crippen LogP contribution in [-0.4, -0.2) is 33.3 Å². The molecule has 41 heavy (non-hydrogen) atoms. The van der Waals surface area contributed by atoms with Gasteiger partial charge in [0.05, 0.1) is 26.0 Å². The molecule has 5 nitrogen and oxygen atoms in total. The molecule has 1 atom stereocenters. The van der Waals surface area contributed by atoms with E-state index in [2.05, 4.69) is 50.3 Å². The predicted octanol–water partition coefficient (Wildman–Crippen LogP) is 9.50. The van der Waals surface area contributed by atoms with Crippen molar-refractivity contribution in [1.29, 1.82) is 0 Å². The molecule has 0 aromatic heterocycles. The highest BCUT2D eigenvalue weighted by Crippen LogP contribution is 2.21. The van der Waals surface area contributed by atoms with Crippen molar-refractivity contribution in [2.45, 2.75) is 73.8 Å². The van der Waals surface area contributed by atoms with E-state index in [0.29, 0.717) is 0 Å². The molecule has 2 aromatic carbocycles. The molecule has 0 amide bonds. The first-order valence-corrected chi connectivity index (χ1v) is 14.3. The zero-order valence-corrected chi connectivity index (χ0v) is 27.2. The Morgan fingerprint density at radius 2 is 1.68 bits per heavy atom. The van der Waals surface area contributed by atoms with Crippen molar-refractivity contribution in [3.8, 4) is 11.5 Å². The van der Waals surface area contributed by atoms with Crippen molar-refractivity contribution in [2.24, 2.45) is 4.99 Å². The SMILES string of the molecule is C=C(/C=C\C(C)=C/C)N=C(CC)CCC.C=Cc1cccc(OC)c1C.CC.CN[C@H](C=O)c1ccc(OC)cc1. The first kappa shape index (κ1) is 39.4. The first-order valence-electron chi connectivity index (χ1n) is 14.3. The van der Waals surface area contributed by atoms with Gasteiger partial charge in [0.1, 0.15) is 17.8 Å². The Bertz CT molecular complexity index is 1100. The van der Waals surface area contributed by atoms with Crippen LogP contribution in [-0.2, 0) is 4.79 Å². The Labute approximate surface area is 250 Å². The van der Waals surface area contributed by atoms with E-state index >= 15 is 0 Å². The summed E-state index contributed by atoms with van der Waals surface area (Å²) < 4.78 is 10.1. The number of carbonyl (C=O) groups is 1. The Balaban J connectivity index is 0. The highest BCUT2D eigenvalue weighted by molar-refractivity contribution is 5.85. The van der Waals surface area contributed by atoms with Gasteiger partial charge in [-0.1, -0.05) is 95.3 Å². The van der Waals surface area contributed by atoms with Crippen molar-refractivity contribution in [2.75, 3.05) is 21.3 Å². The fourth-order valence-corrected chi connectivity index (χ4v) is 3.36. The number of hydrogen-bond donors (Lipinski definition) is 1. The molecule has 2 aromatic rings. The quantitative estimate of drug-likeness (QED) is 0.159. The summed E-state index contributed by atoms with van der Waals surface area (Å²) in [4.78, 5) is 15.1. The number of benzene rings is 2. The van der Waals surface area contributed by atoms with Gasteiger partial charge in [0.2, 0.25) is 0 Å². The van der Waals surface area contributed by atoms with Gasteiger partial charge in [-0.15, -0.1) is 0 Å². The van der Waals surface area contributed by atoms with E-state index in [4.69, 9.17) is 9.47 Å². The minimum Gasteiger partial charge on any atom is -0.497 e. The second-order valence-corrected chi connectivity index (χ2v) is 8.69. The van der Waals surface area contributed by atoms with Crippen molar-refractivity contribution in [3.63, 3.8) is 0 Å². The second-order valence-electron chi connectivity index (χ2n) is 8.69. The number of nitrogens with one attached hydrogen (secondary N) is 1. The molecule has 0 aliphatic carbocycles. The van der Waals surface area contributed by atoms with Crippen molar-refractivity contribution in [1.82, 2.24) is 5.32 Å². The standard InChI is InChI=1S/C14H23N.C10H13NO2.C10H12O.C2H6/c1-6-9-14(8-3)15-13(5)11-10-12(4)7-2;1-11-10(7-12)8-3-5-9(13-2)6-4-8;1-4-9-6-5-7-10(11-3)8(9)2;1-2/h7,10-11H,5-6,8-9H2,1-4H3;3-7,10-11H,1-2H3;4-7H,1H2,2-3H3;1-2H3/b11-10-,12-7-,15-14?;;;/t;10-;;/m.1../s1. The summed E-state index contributed by atoms with van der Waals surface area (Å²) in [7, 11) is 5.04. The molecule has 0 fully saturated rings. The molecule has 0 spiro atoms. The van der Waals surface area contributed by atoms with Crippen LogP contribution in [0.25, 0.3) is 6.08 Å². The molecule has 0 radical (unpaired) electrons. The molecule has 0 bridgehead atoms. The summed E-state index contributed by atoms with van der Waals surface area (Å²) in [6, 6.07) is 13.1. The lowest BCUT2D eigenvalue weighted by Crippen LogP contribution is -2.17. The van der Waals surface area contributed by atoms with Gasteiger partial charge in [0, 0.05) is 5.71 Å². The molecule has 0 aliphatic rings. The van der Waals surface area contributed by atoms with Gasteiger partial charge in [-0.3, -0.25) is 4.99 Å². The maximum absolute atomic E-state index is 10.6. The van der Waals surface area contributed by atoms with Gasteiger partial charge in [-0.05, 0) is 81.6 Å². The molecule has 0 aliphatic heterocycles. The number of hydrogen-bond acceptors (Lipinski definition) is 5. The number of aldehydes is 1. The van der Waals surface area contributed by atoms with Crippen molar-refractivity contribution < 1.29 is 14.3 Å². The number of aliphatic imine (C=N–C) groups is 1. The molecule has 2 rings (SSSR count). The minimum atomic E-state index is -0.231. The van der Waals surface area contributed by atoms with Crippen LogP contribution in [0.2, 0.25) is 0 Å². The van der Waals surface area contributed by atoms with Crippen LogP contribution in [0, 0.1) is 6.92 Å². The third kappa shape index (κ3) is 16.9. The van der Waals surface area contributed by atoms with E-state index in [1.54, 1.807) is 21.3 Å². The predicted molar refractivity (Wildman–Crippen MR) is 180 cm³/mol. The zero-order valence-electron chi connectivity index (χ0n) is 27.2. The zero-order chi connectivity index (χ0) is 31.6. The molecule has 5 heteroatoms. The number of carbonyl (C=O) groups excluding carboxylic acids is 1. The second kappa shape index (κ2) is 25.3. The number of ether oxygens (including phenoxy) is 2. The average Bonchev–Trinajstić information content (AvgIpc) is 3.02. The van der Waals surface area contributed by atoms with Crippen molar-refractivity contribution in [3.05, 3.63) is 102 Å². The van der Waals surface area contributed by atoms with Crippen LogP contribution < -0.4 is 14.8 Å². The highest BCUT2D eigenvalue weighted by atomic mass is 16.5. The van der Waals surface area contributed by atoms with Gasteiger partial charge >= 0.3 is 0 Å². The van der Waals surface area contributed by atoms with Gasteiger partial charge in [0.25, 0.3) is 0 Å². The third-order valence-corrected chi connectivity index (χ3v) is 5.93. The van der Waals surface area contributed by atoms with Crippen molar-refractivity contribution >= 4 is 18.1 Å². The summed E-state index contributed by atoms with van der Waals surface area (Å²) in [6.07, 6.45) is 12.0. The average molecular weight is 563 g/mol. The molecule has 1 N–H and O–H groups in total. The number of nitrogens with zero attached hydrogens (tertiary/aromatic N) is 1. The van der Waals surface area contributed by atoms with Crippen LogP contribution in [0.4, 0.5) is 0 Å². The Morgan fingerprint density at radius 3 is 2.12 bits per heavy atom. The maximum Gasteiger partial charge on any atom is 0.141 e. The normalized spacial score (nSPS) is 11.5. The van der Waals surface area contributed by atoms with Gasteiger partial charge < -0.3 is 19.6 Å². The van der Waals surface area contributed by atoms with Gasteiger partial charge in [-0.2, -0.15) is 0 Å². The summed E-state index contributed by atoms with van der Waals surface area (Å²) >= 11 is 0.